The fourth-order valence-electron chi connectivity index (χ4n) is 10.4. The zero-order chi connectivity index (χ0) is 31.0. The van der Waals surface area contributed by atoms with Crippen LogP contribution >= 0.6 is 7.14 Å². The van der Waals surface area contributed by atoms with Gasteiger partial charge in [0.15, 0.2) is 12.9 Å². The molecule has 1 saturated heterocycles. The summed E-state index contributed by atoms with van der Waals surface area (Å²) in [6, 6.07) is 28.6. The minimum Gasteiger partial charge on any atom is -0.370 e. The maximum atomic E-state index is 15.1. The van der Waals surface area contributed by atoms with Crippen LogP contribution in [0.5, 0.6) is 0 Å². The molecular formula is C41H43O3P. The summed E-state index contributed by atoms with van der Waals surface area (Å²) >= 11 is 0. The molecule has 8 rings (SSSR count). The normalized spacial score (nSPS) is 32.7. The lowest BCUT2D eigenvalue weighted by Crippen LogP contribution is -2.56. The Hall–Kier alpha value is -3.26. The van der Waals surface area contributed by atoms with Gasteiger partial charge in [-0.05, 0) is 84.6 Å². The van der Waals surface area contributed by atoms with Gasteiger partial charge in [-0.15, -0.1) is 0 Å². The van der Waals surface area contributed by atoms with E-state index in [-0.39, 0.29) is 28.1 Å². The van der Waals surface area contributed by atoms with E-state index in [1.165, 1.54) is 22.3 Å². The SMILES string of the molecule is C=C1CCO[C@]12CCC1(C)[C@@H]3CCC4=CC(=O)CCC4=C3[C@@H](c3ccc(P(=O)(c4ccccc4)c4ccccc4)cc3)C[C@@]12C. The van der Waals surface area contributed by atoms with Crippen molar-refractivity contribution in [2.45, 2.75) is 76.7 Å². The molecule has 3 aromatic carbocycles. The molecule has 0 radical (unpaired) electrons. The van der Waals surface area contributed by atoms with Crippen molar-refractivity contribution in [1.82, 2.24) is 0 Å². The van der Waals surface area contributed by atoms with E-state index in [9.17, 15) is 4.79 Å². The Morgan fingerprint density at radius 3 is 2.07 bits per heavy atom. The van der Waals surface area contributed by atoms with Crippen LogP contribution < -0.4 is 15.9 Å². The Labute approximate surface area is 267 Å². The third-order valence-electron chi connectivity index (χ3n) is 12.9. The highest BCUT2D eigenvalue weighted by Crippen LogP contribution is 2.75. The molecule has 1 spiro atoms. The van der Waals surface area contributed by atoms with Gasteiger partial charge in [0.25, 0.3) is 0 Å². The molecule has 0 bridgehead atoms. The van der Waals surface area contributed by atoms with Crippen LogP contribution in [0.15, 0.2) is 120 Å². The van der Waals surface area contributed by atoms with Gasteiger partial charge in [-0.3, -0.25) is 4.79 Å². The molecule has 5 aliphatic rings. The van der Waals surface area contributed by atoms with Gasteiger partial charge >= 0.3 is 0 Å². The van der Waals surface area contributed by atoms with E-state index in [0.717, 1.165) is 67.5 Å². The van der Waals surface area contributed by atoms with Crippen LogP contribution in [0, 0.1) is 16.7 Å². The highest BCUT2D eigenvalue weighted by Gasteiger charge is 2.71. The molecule has 3 nitrogen and oxygen atoms in total. The predicted molar refractivity (Wildman–Crippen MR) is 183 cm³/mol. The van der Waals surface area contributed by atoms with Gasteiger partial charge in [0.1, 0.15) is 0 Å². The van der Waals surface area contributed by atoms with E-state index in [4.69, 9.17) is 4.74 Å². The first-order valence-corrected chi connectivity index (χ1v) is 18.5. The average molecular weight is 615 g/mol. The Balaban J connectivity index is 1.28. The molecule has 3 fully saturated rings. The molecule has 4 aliphatic carbocycles. The molecule has 230 valence electrons. The Kier molecular flexibility index (Phi) is 6.73. The van der Waals surface area contributed by atoms with Gasteiger partial charge in [-0.25, -0.2) is 0 Å². The monoisotopic (exact) mass is 614 g/mol. The van der Waals surface area contributed by atoms with E-state index in [2.05, 4.69) is 44.7 Å². The van der Waals surface area contributed by atoms with E-state index in [1.807, 2.05) is 66.7 Å². The highest BCUT2D eigenvalue weighted by atomic mass is 31.2. The van der Waals surface area contributed by atoms with Crippen LogP contribution in [0.1, 0.15) is 76.7 Å². The van der Waals surface area contributed by atoms with Gasteiger partial charge < -0.3 is 9.30 Å². The van der Waals surface area contributed by atoms with E-state index in [0.29, 0.717) is 12.3 Å². The summed E-state index contributed by atoms with van der Waals surface area (Å²) in [7, 11) is -3.06. The predicted octanol–water partition coefficient (Wildman–Crippen LogP) is 8.33. The maximum absolute atomic E-state index is 15.1. The quantitative estimate of drug-likeness (QED) is 0.219. The summed E-state index contributed by atoms with van der Waals surface area (Å²) in [5.74, 6) is 0.930. The van der Waals surface area contributed by atoms with Crippen molar-refractivity contribution >= 4 is 28.8 Å². The first-order valence-electron chi connectivity index (χ1n) is 16.8. The molecule has 0 aromatic heterocycles. The van der Waals surface area contributed by atoms with E-state index in [1.54, 1.807) is 5.57 Å². The molecule has 4 heteroatoms. The van der Waals surface area contributed by atoms with Crippen molar-refractivity contribution < 1.29 is 14.1 Å². The van der Waals surface area contributed by atoms with Crippen molar-refractivity contribution in [2.24, 2.45) is 16.7 Å². The zero-order valence-electron chi connectivity index (χ0n) is 26.6. The van der Waals surface area contributed by atoms with Gasteiger partial charge in [0.05, 0.1) is 12.2 Å². The summed E-state index contributed by atoms with van der Waals surface area (Å²) in [4.78, 5) is 12.5. The van der Waals surface area contributed by atoms with Gasteiger partial charge in [-0.2, -0.15) is 0 Å². The molecule has 2 saturated carbocycles. The number of rotatable bonds is 4. The number of benzene rings is 3. The van der Waals surface area contributed by atoms with Gasteiger partial charge in [0.2, 0.25) is 0 Å². The van der Waals surface area contributed by atoms with Crippen LogP contribution in [0.4, 0.5) is 0 Å². The van der Waals surface area contributed by atoms with Crippen LogP contribution in [-0.4, -0.2) is 18.0 Å². The lowest BCUT2D eigenvalue weighted by atomic mass is 9.44. The molecule has 45 heavy (non-hydrogen) atoms. The lowest BCUT2D eigenvalue weighted by molar-refractivity contribution is -0.121. The van der Waals surface area contributed by atoms with Crippen molar-refractivity contribution in [1.29, 1.82) is 0 Å². The fourth-order valence-corrected chi connectivity index (χ4v) is 13.1. The van der Waals surface area contributed by atoms with Crippen LogP contribution in [0.25, 0.3) is 0 Å². The van der Waals surface area contributed by atoms with Crippen molar-refractivity contribution in [3.05, 3.63) is 125 Å². The van der Waals surface area contributed by atoms with E-state index < -0.39 is 7.14 Å². The molecule has 3 aromatic rings. The van der Waals surface area contributed by atoms with Crippen LogP contribution in [0.2, 0.25) is 0 Å². The standard InChI is InChI=1S/C41H43O3P/c1-28-22-25-44-41(28)24-23-39(2)37-21-16-30-26-31(42)17-20-35(30)38(37)36(27-40(39,41)3)29-14-18-34(19-15-29)45(43,32-10-6-4-7-11-32)33-12-8-5-9-13-33/h4-15,18-19,26,36-37H,1,16-17,20-25,27H2,2-3H3/t36-,37-,39?,40+,41-/m1/s1. The minimum atomic E-state index is -3.06. The van der Waals surface area contributed by atoms with Gasteiger partial charge in [-0.1, -0.05) is 111 Å². The number of carbonyl (C=O) groups is 1. The topological polar surface area (TPSA) is 43.4 Å². The Morgan fingerprint density at radius 1 is 0.800 bits per heavy atom. The molecule has 0 N–H and O–H groups in total. The summed E-state index contributed by atoms with van der Waals surface area (Å²) in [6.45, 7) is 10.4. The van der Waals surface area contributed by atoms with E-state index >= 15 is 4.57 Å². The van der Waals surface area contributed by atoms with Crippen molar-refractivity contribution in [3.8, 4) is 0 Å². The zero-order valence-corrected chi connectivity index (χ0v) is 27.5. The minimum absolute atomic E-state index is 0.0548. The number of fused-ring (bicyclic) bond motifs is 5. The molecule has 5 atom stereocenters. The van der Waals surface area contributed by atoms with Crippen molar-refractivity contribution in [2.75, 3.05) is 6.61 Å². The molecular weight excluding hydrogens is 571 g/mol. The van der Waals surface area contributed by atoms with Gasteiger partial charge in [0, 0.05) is 33.7 Å². The summed E-state index contributed by atoms with van der Waals surface area (Å²) < 4.78 is 21.9. The highest BCUT2D eigenvalue weighted by molar-refractivity contribution is 7.85. The summed E-state index contributed by atoms with van der Waals surface area (Å²) in [5.41, 5.74) is 6.64. The number of ketones is 1. The Morgan fingerprint density at radius 2 is 1.44 bits per heavy atom. The first-order chi connectivity index (χ1) is 21.7. The Bertz CT molecular complexity index is 1760. The summed E-state index contributed by atoms with van der Waals surface area (Å²) in [6.07, 6.45) is 9.61. The lowest BCUT2D eigenvalue weighted by Gasteiger charge is -2.60. The average Bonchev–Trinajstić information content (AvgIpc) is 3.57. The third kappa shape index (κ3) is 3.99. The number of hydrogen-bond acceptors (Lipinski definition) is 3. The second-order valence-electron chi connectivity index (χ2n) is 14.6. The number of allylic oxidation sites excluding steroid dienone is 4. The third-order valence-corrected chi connectivity index (χ3v) is 16.0. The number of ether oxygens (including phenoxy) is 1. The molecule has 1 heterocycles. The second-order valence-corrected chi connectivity index (χ2v) is 17.3. The largest absolute Gasteiger partial charge is 0.370 e. The maximum Gasteiger partial charge on any atom is 0.171 e. The molecule has 1 unspecified atom stereocenters. The first kappa shape index (κ1) is 29.2. The van der Waals surface area contributed by atoms with Crippen molar-refractivity contribution in [3.63, 3.8) is 0 Å². The molecule has 1 aliphatic heterocycles. The number of hydrogen-bond donors (Lipinski definition) is 0. The molecule has 0 amide bonds. The van der Waals surface area contributed by atoms with Crippen LogP contribution in [-0.2, 0) is 14.1 Å². The smallest absolute Gasteiger partial charge is 0.171 e. The number of carbonyl (C=O) groups excluding carboxylic acids is 1. The second kappa shape index (κ2) is 10.4. The summed E-state index contributed by atoms with van der Waals surface area (Å²) in [5, 5.41) is 2.57. The fraction of sp³-hybridized carbons (Fsp3) is 0.390. The van der Waals surface area contributed by atoms with Crippen LogP contribution in [0.3, 0.4) is 0 Å².